The maximum Gasteiger partial charge on any atom is 0.364 e. The Morgan fingerprint density at radius 1 is 1.03 bits per heavy atom. The van der Waals surface area contributed by atoms with Gasteiger partial charge in [-0.1, -0.05) is 60.5 Å². The van der Waals surface area contributed by atoms with E-state index in [4.69, 9.17) is 27.9 Å². The number of carbonyl (C=O) groups is 1. The highest BCUT2D eigenvalue weighted by Crippen LogP contribution is 2.23. The first-order valence-electron chi connectivity index (χ1n) is 8.60. The normalized spacial score (nSPS) is 11.3. The smallest absolute Gasteiger partial charge is 0.364 e. The highest BCUT2D eigenvalue weighted by atomic mass is 35.5. The zero-order chi connectivity index (χ0) is 21.0. The second kappa shape index (κ2) is 8.90. The van der Waals surface area contributed by atoms with Gasteiger partial charge >= 0.3 is 5.97 Å². The molecule has 0 aliphatic heterocycles. The standard InChI is InChI=1S/C20H16Cl2N2O4S/c1-2-13-7-9-15(10-8-13)28-19(25)18-17(22)11-23-20(24-18)29(26,27)12-14-5-3-4-6-16(14)21/h3-11H,2,12H2,1H3. The first-order chi connectivity index (χ1) is 13.8. The zero-order valence-corrected chi connectivity index (χ0v) is 17.6. The lowest BCUT2D eigenvalue weighted by molar-refractivity contribution is 0.0727. The lowest BCUT2D eigenvalue weighted by Gasteiger charge is -2.08. The van der Waals surface area contributed by atoms with Crippen LogP contribution in [0.4, 0.5) is 0 Å². The Labute approximate surface area is 178 Å². The minimum Gasteiger partial charge on any atom is -0.422 e. The summed E-state index contributed by atoms with van der Waals surface area (Å²) in [4.78, 5) is 20.1. The molecule has 0 aliphatic rings. The Balaban J connectivity index is 1.86. The summed E-state index contributed by atoms with van der Waals surface area (Å²) in [6.45, 7) is 2.01. The van der Waals surface area contributed by atoms with Crippen molar-refractivity contribution in [2.75, 3.05) is 0 Å². The molecule has 0 amide bonds. The molecule has 0 spiro atoms. The van der Waals surface area contributed by atoms with Gasteiger partial charge in [-0.2, -0.15) is 0 Å². The van der Waals surface area contributed by atoms with Gasteiger partial charge in [-0.3, -0.25) is 0 Å². The van der Waals surface area contributed by atoms with Crippen LogP contribution in [0.1, 0.15) is 28.5 Å². The second-order valence-corrected chi connectivity index (χ2v) is 8.78. The van der Waals surface area contributed by atoms with Crippen LogP contribution in [0.3, 0.4) is 0 Å². The van der Waals surface area contributed by atoms with Crippen molar-refractivity contribution >= 4 is 39.0 Å². The van der Waals surface area contributed by atoms with Crippen molar-refractivity contribution in [3.05, 3.63) is 81.6 Å². The van der Waals surface area contributed by atoms with Gasteiger partial charge in [0.15, 0.2) is 5.69 Å². The molecule has 0 atom stereocenters. The number of hydrogen-bond acceptors (Lipinski definition) is 6. The monoisotopic (exact) mass is 450 g/mol. The number of halogens is 2. The van der Waals surface area contributed by atoms with Crippen LogP contribution in [0.15, 0.2) is 59.9 Å². The Hall–Kier alpha value is -2.48. The molecule has 0 radical (unpaired) electrons. The van der Waals surface area contributed by atoms with Crippen molar-refractivity contribution in [2.24, 2.45) is 0 Å². The fourth-order valence-electron chi connectivity index (χ4n) is 2.48. The molecule has 2 aromatic carbocycles. The number of rotatable bonds is 6. The number of hydrogen-bond donors (Lipinski definition) is 0. The fourth-order valence-corrected chi connectivity index (χ4v) is 4.16. The number of benzene rings is 2. The van der Waals surface area contributed by atoms with Crippen LogP contribution >= 0.6 is 23.2 Å². The van der Waals surface area contributed by atoms with Crippen LogP contribution in [0, 0.1) is 0 Å². The number of aryl methyl sites for hydroxylation is 1. The van der Waals surface area contributed by atoms with Crippen molar-refractivity contribution in [1.82, 2.24) is 9.97 Å². The lowest BCUT2D eigenvalue weighted by Crippen LogP contribution is -2.16. The number of nitrogens with zero attached hydrogens (tertiary/aromatic N) is 2. The van der Waals surface area contributed by atoms with Crippen molar-refractivity contribution in [3.63, 3.8) is 0 Å². The molecule has 6 nitrogen and oxygen atoms in total. The van der Waals surface area contributed by atoms with E-state index in [1.165, 1.54) is 0 Å². The third-order valence-electron chi connectivity index (χ3n) is 4.04. The maximum atomic E-state index is 12.7. The largest absolute Gasteiger partial charge is 0.422 e. The van der Waals surface area contributed by atoms with Crippen LogP contribution in [0.5, 0.6) is 5.75 Å². The fraction of sp³-hybridized carbons (Fsp3) is 0.150. The molecule has 3 aromatic rings. The molecule has 9 heteroatoms. The summed E-state index contributed by atoms with van der Waals surface area (Å²) in [5, 5.41) is -0.341. The minimum absolute atomic E-state index is 0.114. The van der Waals surface area contributed by atoms with Crippen LogP contribution in [0.25, 0.3) is 0 Å². The van der Waals surface area contributed by atoms with Crippen LogP contribution in [0.2, 0.25) is 10.0 Å². The number of ether oxygens (including phenoxy) is 1. The van der Waals surface area contributed by atoms with E-state index in [1.54, 1.807) is 36.4 Å². The van der Waals surface area contributed by atoms with E-state index in [9.17, 15) is 13.2 Å². The molecule has 3 rings (SSSR count). The molecular weight excluding hydrogens is 435 g/mol. The Morgan fingerprint density at radius 3 is 2.38 bits per heavy atom. The van der Waals surface area contributed by atoms with Crippen molar-refractivity contribution in [2.45, 2.75) is 24.3 Å². The molecule has 0 aliphatic carbocycles. The molecule has 0 N–H and O–H groups in total. The summed E-state index contributed by atoms with van der Waals surface area (Å²) in [7, 11) is -3.96. The van der Waals surface area contributed by atoms with Gasteiger partial charge in [-0.05, 0) is 35.7 Å². The topological polar surface area (TPSA) is 86.2 Å². The molecule has 150 valence electrons. The molecule has 1 heterocycles. The van der Waals surface area contributed by atoms with Gasteiger partial charge in [0.2, 0.25) is 15.0 Å². The van der Waals surface area contributed by atoms with E-state index in [1.807, 2.05) is 19.1 Å². The molecule has 1 aromatic heterocycles. The van der Waals surface area contributed by atoms with E-state index in [0.29, 0.717) is 16.3 Å². The van der Waals surface area contributed by atoms with E-state index >= 15 is 0 Å². The number of sulfone groups is 1. The Bertz CT molecular complexity index is 1150. The Morgan fingerprint density at radius 2 is 1.72 bits per heavy atom. The molecule has 0 unspecified atom stereocenters. The third-order valence-corrected chi connectivity index (χ3v) is 6.13. The summed E-state index contributed by atoms with van der Waals surface area (Å²) < 4.78 is 30.6. The van der Waals surface area contributed by atoms with Crippen molar-refractivity contribution in [1.29, 1.82) is 0 Å². The highest BCUT2D eigenvalue weighted by Gasteiger charge is 2.24. The van der Waals surface area contributed by atoms with Crippen LogP contribution in [-0.2, 0) is 22.0 Å². The maximum absolute atomic E-state index is 12.7. The number of carbonyl (C=O) groups excluding carboxylic acids is 1. The van der Waals surface area contributed by atoms with E-state index in [0.717, 1.165) is 18.2 Å². The molecular formula is C20H16Cl2N2O4S. The first kappa shape index (κ1) is 21.2. The van der Waals surface area contributed by atoms with Gasteiger partial charge in [0.05, 0.1) is 17.0 Å². The molecule has 0 bridgehead atoms. The molecule has 0 fully saturated rings. The van der Waals surface area contributed by atoms with E-state index < -0.39 is 26.7 Å². The van der Waals surface area contributed by atoms with Gasteiger partial charge in [0, 0.05) is 5.02 Å². The SMILES string of the molecule is CCc1ccc(OC(=O)c2nc(S(=O)(=O)Cc3ccccc3Cl)ncc2Cl)cc1. The molecule has 0 saturated heterocycles. The quantitative estimate of drug-likeness (QED) is 0.311. The molecule has 29 heavy (non-hydrogen) atoms. The number of esters is 1. The third kappa shape index (κ3) is 5.12. The van der Waals surface area contributed by atoms with Gasteiger partial charge < -0.3 is 4.74 Å². The lowest BCUT2D eigenvalue weighted by atomic mass is 10.2. The highest BCUT2D eigenvalue weighted by molar-refractivity contribution is 7.90. The summed E-state index contributed by atoms with van der Waals surface area (Å²) in [6.07, 6.45) is 1.91. The van der Waals surface area contributed by atoms with Crippen molar-refractivity contribution in [3.8, 4) is 5.75 Å². The first-order valence-corrected chi connectivity index (χ1v) is 11.0. The average molecular weight is 451 g/mol. The van der Waals surface area contributed by atoms with Gasteiger partial charge in [0.25, 0.3) is 0 Å². The van der Waals surface area contributed by atoms with Crippen LogP contribution in [-0.4, -0.2) is 24.4 Å². The predicted molar refractivity (Wildman–Crippen MR) is 110 cm³/mol. The zero-order valence-electron chi connectivity index (χ0n) is 15.3. The summed E-state index contributed by atoms with van der Waals surface area (Å²) in [6, 6.07) is 13.5. The van der Waals surface area contributed by atoms with Gasteiger partial charge in [-0.25, -0.2) is 23.2 Å². The van der Waals surface area contributed by atoms with Crippen LogP contribution < -0.4 is 4.74 Å². The van der Waals surface area contributed by atoms with Gasteiger partial charge in [-0.15, -0.1) is 0 Å². The minimum atomic E-state index is -3.96. The summed E-state index contributed by atoms with van der Waals surface area (Å²) >= 11 is 12.0. The molecule has 0 saturated carbocycles. The average Bonchev–Trinajstić information content (AvgIpc) is 2.70. The second-order valence-electron chi connectivity index (χ2n) is 6.09. The van der Waals surface area contributed by atoms with Crippen molar-refractivity contribution < 1.29 is 17.9 Å². The number of aromatic nitrogens is 2. The van der Waals surface area contributed by atoms with Gasteiger partial charge in [0.1, 0.15) is 5.75 Å². The summed E-state index contributed by atoms with van der Waals surface area (Å²) in [5.41, 5.74) is 1.14. The summed E-state index contributed by atoms with van der Waals surface area (Å²) in [5.74, 6) is -1.00. The van der Waals surface area contributed by atoms with E-state index in [2.05, 4.69) is 9.97 Å². The van der Waals surface area contributed by atoms with E-state index in [-0.39, 0.29) is 10.7 Å². The predicted octanol–water partition coefficient (Wildman–Crippen LogP) is 4.54. The Kier molecular flexibility index (Phi) is 6.52.